The topological polar surface area (TPSA) is 35.2 Å². The number of halogens is 4. The number of rotatable bonds is 4. The Morgan fingerprint density at radius 3 is 2.29 bits per heavy atom. The third-order valence-electron chi connectivity index (χ3n) is 3.28. The summed E-state index contributed by atoms with van der Waals surface area (Å²) in [6, 6.07) is 10.2. The van der Waals surface area contributed by atoms with Crippen molar-refractivity contribution in [3.05, 3.63) is 42.0 Å². The molecule has 2 aromatic carbocycles. The van der Waals surface area contributed by atoms with Crippen LogP contribution in [-0.2, 0) is 0 Å². The molecule has 0 aliphatic heterocycles. The molecule has 6 heteroatoms. The molecule has 0 fully saturated rings. The van der Waals surface area contributed by atoms with E-state index in [9.17, 15) is 13.2 Å². The smallest absolute Gasteiger partial charge is 0.389 e. The average Bonchev–Trinajstić information content (AvgIpc) is 2.42. The van der Waals surface area contributed by atoms with Gasteiger partial charge in [-0.15, -0.1) is 12.4 Å². The summed E-state index contributed by atoms with van der Waals surface area (Å²) in [5.41, 5.74) is 6.63. The molecule has 116 valence electrons. The Labute approximate surface area is 127 Å². The van der Waals surface area contributed by atoms with Crippen LogP contribution in [0.25, 0.3) is 10.8 Å². The summed E-state index contributed by atoms with van der Waals surface area (Å²) in [6.07, 6.45) is -5.19. The lowest BCUT2D eigenvalue weighted by molar-refractivity contribution is -0.136. The van der Waals surface area contributed by atoms with Crippen LogP contribution in [0.15, 0.2) is 36.4 Å². The molecule has 2 N–H and O–H groups in total. The molecule has 0 saturated heterocycles. The van der Waals surface area contributed by atoms with Crippen LogP contribution < -0.4 is 10.5 Å². The van der Waals surface area contributed by atoms with Crippen LogP contribution in [0.1, 0.15) is 24.4 Å². The van der Waals surface area contributed by atoms with Crippen LogP contribution in [0.5, 0.6) is 5.75 Å². The summed E-state index contributed by atoms with van der Waals surface area (Å²) in [6.45, 7) is 0. The van der Waals surface area contributed by atoms with Gasteiger partial charge in [-0.1, -0.05) is 30.3 Å². The minimum Gasteiger partial charge on any atom is -0.496 e. The van der Waals surface area contributed by atoms with Crippen molar-refractivity contribution in [2.75, 3.05) is 7.11 Å². The second-order valence-corrected chi connectivity index (χ2v) is 4.66. The van der Waals surface area contributed by atoms with Crippen molar-refractivity contribution in [1.82, 2.24) is 0 Å². The first-order valence-corrected chi connectivity index (χ1v) is 6.30. The zero-order valence-electron chi connectivity index (χ0n) is 11.5. The monoisotopic (exact) mass is 319 g/mol. The Hall–Kier alpha value is -1.46. The van der Waals surface area contributed by atoms with Crippen molar-refractivity contribution in [3.63, 3.8) is 0 Å². The van der Waals surface area contributed by atoms with Crippen LogP contribution in [0, 0.1) is 0 Å². The van der Waals surface area contributed by atoms with Gasteiger partial charge in [0.05, 0.1) is 7.11 Å². The summed E-state index contributed by atoms with van der Waals surface area (Å²) in [7, 11) is 1.56. The van der Waals surface area contributed by atoms with Gasteiger partial charge in [0.1, 0.15) is 5.75 Å². The zero-order valence-corrected chi connectivity index (χ0v) is 12.3. The number of fused-ring (bicyclic) bond motifs is 1. The Bertz CT molecular complexity index is 601. The van der Waals surface area contributed by atoms with Crippen LogP contribution in [0.2, 0.25) is 0 Å². The van der Waals surface area contributed by atoms with Crippen LogP contribution >= 0.6 is 12.4 Å². The molecule has 0 bridgehead atoms. The Morgan fingerprint density at radius 2 is 1.71 bits per heavy atom. The van der Waals surface area contributed by atoms with Crippen molar-refractivity contribution >= 4 is 23.2 Å². The molecule has 0 aliphatic carbocycles. The Morgan fingerprint density at radius 1 is 1.10 bits per heavy atom. The third kappa shape index (κ3) is 4.25. The average molecular weight is 320 g/mol. The predicted molar refractivity (Wildman–Crippen MR) is 80.0 cm³/mol. The van der Waals surface area contributed by atoms with Crippen molar-refractivity contribution in [1.29, 1.82) is 0 Å². The predicted octanol–water partition coefficient (Wildman–Crippen LogP) is 4.61. The molecule has 2 rings (SSSR count). The number of hydrogen-bond donors (Lipinski definition) is 1. The van der Waals surface area contributed by atoms with Crippen molar-refractivity contribution in [2.45, 2.75) is 25.1 Å². The first-order chi connectivity index (χ1) is 9.42. The van der Waals surface area contributed by atoms with E-state index in [0.29, 0.717) is 11.3 Å². The van der Waals surface area contributed by atoms with Gasteiger partial charge in [-0.05, 0) is 23.4 Å². The lowest BCUT2D eigenvalue weighted by Gasteiger charge is -2.17. The zero-order chi connectivity index (χ0) is 14.8. The van der Waals surface area contributed by atoms with Gasteiger partial charge in [0.25, 0.3) is 0 Å². The highest BCUT2D eigenvalue weighted by Gasteiger charge is 2.28. The van der Waals surface area contributed by atoms with Crippen molar-refractivity contribution in [3.8, 4) is 5.75 Å². The first-order valence-electron chi connectivity index (χ1n) is 6.30. The molecule has 0 amide bonds. The van der Waals surface area contributed by atoms with Gasteiger partial charge in [0, 0.05) is 17.8 Å². The number of ether oxygens (including phenoxy) is 1. The fourth-order valence-corrected chi connectivity index (χ4v) is 2.27. The molecule has 2 aromatic rings. The lowest BCUT2D eigenvalue weighted by Crippen LogP contribution is -2.16. The fourth-order valence-electron chi connectivity index (χ4n) is 2.27. The molecular weight excluding hydrogens is 303 g/mol. The quantitative estimate of drug-likeness (QED) is 0.893. The molecule has 21 heavy (non-hydrogen) atoms. The van der Waals surface area contributed by atoms with E-state index in [-0.39, 0.29) is 18.8 Å². The number of hydrogen-bond acceptors (Lipinski definition) is 2. The summed E-state index contributed by atoms with van der Waals surface area (Å²) >= 11 is 0. The Balaban J connectivity index is 0.00000220. The number of benzene rings is 2. The number of alkyl halides is 3. The summed E-state index contributed by atoms with van der Waals surface area (Å²) in [5, 5.41) is 1.69. The third-order valence-corrected chi connectivity index (χ3v) is 3.28. The van der Waals surface area contributed by atoms with E-state index in [2.05, 4.69) is 0 Å². The van der Waals surface area contributed by atoms with E-state index in [1.807, 2.05) is 24.3 Å². The van der Waals surface area contributed by atoms with Crippen molar-refractivity contribution in [2.24, 2.45) is 5.73 Å². The summed E-state index contributed by atoms with van der Waals surface area (Å²) in [4.78, 5) is 0. The molecule has 0 spiro atoms. The van der Waals surface area contributed by atoms with Crippen LogP contribution in [-0.4, -0.2) is 13.3 Å². The maximum Gasteiger partial charge on any atom is 0.389 e. The van der Waals surface area contributed by atoms with E-state index < -0.39 is 18.6 Å². The number of methoxy groups -OCH3 is 1. The second kappa shape index (κ2) is 7.00. The van der Waals surface area contributed by atoms with Gasteiger partial charge >= 0.3 is 6.18 Å². The van der Waals surface area contributed by atoms with Gasteiger partial charge in [-0.2, -0.15) is 13.2 Å². The summed E-state index contributed by atoms with van der Waals surface area (Å²) < 4.78 is 42.1. The van der Waals surface area contributed by atoms with E-state index in [4.69, 9.17) is 10.5 Å². The standard InChI is InChI=1S/C15H16F3NO.ClH/c1-20-14-7-6-11(10-4-2-3-5-12(10)14)13(19)8-9-15(16,17)18;/h2-7,13H,8-9,19H2,1H3;1H/t13-;/m1./s1. The van der Waals surface area contributed by atoms with E-state index in [1.165, 1.54) is 0 Å². The van der Waals surface area contributed by atoms with E-state index in [0.717, 1.165) is 10.8 Å². The fraction of sp³-hybridized carbons (Fsp3) is 0.333. The SMILES string of the molecule is COc1ccc([C@H](N)CCC(F)(F)F)c2ccccc12.Cl. The largest absolute Gasteiger partial charge is 0.496 e. The van der Waals surface area contributed by atoms with Gasteiger partial charge in [0.15, 0.2) is 0 Å². The molecular formula is C15H17ClF3NO. The highest BCUT2D eigenvalue weighted by Crippen LogP contribution is 2.33. The molecule has 0 aromatic heterocycles. The molecule has 0 unspecified atom stereocenters. The Kier molecular flexibility index (Phi) is 5.87. The van der Waals surface area contributed by atoms with Gasteiger partial charge < -0.3 is 10.5 Å². The van der Waals surface area contributed by atoms with E-state index in [1.54, 1.807) is 19.2 Å². The highest BCUT2D eigenvalue weighted by atomic mass is 35.5. The molecule has 2 nitrogen and oxygen atoms in total. The van der Waals surface area contributed by atoms with Gasteiger partial charge in [0.2, 0.25) is 0 Å². The first kappa shape index (κ1) is 17.6. The second-order valence-electron chi connectivity index (χ2n) is 4.66. The van der Waals surface area contributed by atoms with Crippen LogP contribution in [0.3, 0.4) is 0 Å². The van der Waals surface area contributed by atoms with Gasteiger partial charge in [-0.3, -0.25) is 0 Å². The molecule has 0 aliphatic rings. The normalized spacial score (nSPS) is 12.8. The van der Waals surface area contributed by atoms with E-state index >= 15 is 0 Å². The highest BCUT2D eigenvalue weighted by molar-refractivity contribution is 5.91. The molecule has 0 heterocycles. The molecule has 0 radical (unpaired) electrons. The molecule has 1 atom stereocenters. The minimum absolute atomic E-state index is 0. The minimum atomic E-state index is -4.18. The maximum absolute atomic E-state index is 12.3. The van der Waals surface area contributed by atoms with Crippen LogP contribution in [0.4, 0.5) is 13.2 Å². The van der Waals surface area contributed by atoms with Crippen molar-refractivity contribution < 1.29 is 17.9 Å². The van der Waals surface area contributed by atoms with Gasteiger partial charge in [-0.25, -0.2) is 0 Å². The summed E-state index contributed by atoms with van der Waals surface area (Å²) in [5.74, 6) is 0.687. The lowest BCUT2D eigenvalue weighted by atomic mass is 9.96. The maximum atomic E-state index is 12.3. The number of nitrogens with two attached hydrogens (primary N) is 1. The molecule has 0 saturated carbocycles.